The molecule has 102 valence electrons. The molecule has 1 aliphatic rings. The van der Waals surface area contributed by atoms with Gasteiger partial charge in [0, 0.05) is 13.1 Å². The molecule has 1 saturated heterocycles. The minimum absolute atomic E-state index is 0.225. The standard InChI is InChI=1S/C12H20N2O4/c1-4-5-13(8-10(15)16)11(17)14-6-7-18-12(2,3)9-14/h4H,1,5-9H2,2-3H3,(H,15,16). The van der Waals surface area contributed by atoms with Crippen LogP contribution in [0.1, 0.15) is 13.8 Å². The molecule has 1 heterocycles. The van der Waals surface area contributed by atoms with E-state index in [-0.39, 0.29) is 19.1 Å². The first-order chi connectivity index (χ1) is 8.35. The number of hydrogen-bond acceptors (Lipinski definition) is 3. The monoisotopic (exact) mass is 256 g/mol. The van der Waals surface area contributed by atoms with Gasteiger partial charge in [-0.3, -0.25) is 4.79 Å². The Labute approximate surface area is 107 Å². The van der Waals surface area contributed by atoms with Gasteiger partial charge in [0.2, 0.25) is 0 Å². The number of amides is 2. The van der Waals surface area contributed by atoms with Crippen molar-refractivity contribution in [1.82, 2.24) is 9.80 Å². The fraction of sp³-hybridized carbons (Fsp3) is 0.667. The lowest BCUT2D eigenvalue weighted by Gasteiger charge is -2.39. The summed E-state index contributed by atoms with van der Waals surface area (Å²) in [7, 11) is 0. The topological polar surface area (TPSA) is 70.1 Å². The number of nitrogens with zero attached hydrogens (tertiary/aromatic N) is 2. The number of aliphatic carboxylic acids is 1. The third kappa shape index (κ3) is 4.03. The van der Waals surface area contributed by atoms with Gasteiger partial charge in [0.15, 0.2) is 0 Å². The molecule has 0 radical (unpaired) electrons. The molecule has 0 unspecified atom stereocenters. The van der Waals surface area contributed by atoms with Crippen molar-refractivity contribution in [3.8, 4) is 0 Å². The van der Waals surface area contributed by atoms with Crippen LogP contribution in [0.2, 0.25) is 0 Å². The van der Waals surface area contributed by atoms with E-state index in [0.717, 1.165) is 0 Å². The summed E-state index contributed by atoms with van der Waals surface area (Å²) in [5.74, 6) is -1.03. The first kappa shape index (κ1) is 14.5. The van der Waals surface area contributed by atoms with Gasteiger partial charge < -0.3 is 19.6 Å². The van der Waals surface area contributed by atoms with Crippen molar-refractivity contribution >= 4 is 12.0 Å². The molecule has 0 aromatic heterocycles. The summed E-state index contributed by atoms with van der Waals surface area (Å²) >= 11 is 0. The number of carbonyl (C=O) groups is 2. The van der Waals surface area contributed by atoms with Crippen LogP contribution in [-0.2, 0) is 9.53 Å². The summed E-state index contributed by atoms with van der Waals surface area (Å²) in [4.78, 5) is 25.8. The average Bonchev–Trinajstić information content (AvgIpc) is 2.25. The molecule has 0 atom stereocenters. The maximum absolute atomic E-state index is 12.2. The molecule has 2 amide bonds. The summed E-state index contributed by atoms with van der Waals surface area (Å²) < 4.78 is 5.52. The molecule has 18 heavy (non-hydrogen) atoms. The van der Waals surface area contributed by atoms with Crippen molar-refractivity contribution in [3.05, 3.63) is 12.7 Å². The van der Waals surface area contributed by atoms with Crippen LogP contribution in [0.5, 0.6) is 0 Å². The largest absolute Gasteiger partial charge is 0.480 e. The molecule has 0 aromatic rings. The van der Waals surface area contributed by atoms with Gasteiger partial charge >= 0.3 is 12.0 Å². The predicted octanol–water partition coefficient (Wildman–Crippen LogP) is 0.790. The van der Waals surface area contributed by atoms with Gasteiger partial charge in [-0.25, -0.2) is 4.79 Å². The Morgan fingerprint density at radius 3 is 2.72 bits per heavy atom. The van der Waals surface area contributed by atoms with Crippen molar-refractivity contribution in [3.63, 3.8) is 0 Å². The molecule has 0 bridgehead atoms. The normalized spacial score (nSPS) is 18.2. The fourth-order valence-electron chi connectivity index (χ4n) is 1.91. The molecule has 6 heteroatoms. The summed E-state index contributed by atoms with van der Waals surface area (Å²) in [5.41, 5.74) is -0.392. The van der Waals surface area contributed by atoms with Crippen molar-refractivity contribution in [2.75, 3.05) is 32.8 Å². The predicted molar refractivity (Wildman–Crippen MR) is 66.4 cm³/mol. The van der Waals surface area contributed by atoms with E-state index in [2.05, 4.69) is 6.58 Å². The smallest absolute Gasteiger partial charge is 0.323 e. The van der Waals surface area contributed by atoms with Gasteiger partial charge in [0.1, 0.15) is 6.54 Å². The molecule has 0 saturated carbocycles. The highest BCUT2D eigenvalue weighted by molar-refractivity contribution is 5.80. The highest BCUT2D eigenvalue weighted by Gasteiger charge is 2.32. The maximum Gasteiger partial charge on any atom is 0.323 e. The number of carbonyl (C=O) groups excluding carboxylic acids is 1. The molecule has 1 rings (SSSR count). The second-order valence-electron chi connectivity index (χ2n) is 4.88. The van der Waals surface area contributed by atoms with Gasteiger partial charge in [-0.05, 0) is 13.8 Å². The molecule has 1 aliphatic heterocycles. The SMILES string of the molecule is C=CCN(CC(=O)O)C(=O)N1CCOC(C)(C)C1. The Morgan fingerprint density at radius 2 is 2.22 bits per heavy atom. The molecule has 6 nitrogen and oxygen atoms in total. The van der Waals surface area contributed by atoms with Gasteiger partial charge in [0.25, 0.3) is 0 Å². The maximum atomic E-state index is 12.2. The van der Waals surface area contributed by atoms with E-state index in [1.54, 1.807) is 4.90 Å². The van der Waals surface area contributed by atoms with Crippen LogP contribution in [0, 0.1) is 0 Å². The number of carboxylic acid groups (broad SMARTS) is 1. The van der Waals surface area contributed by atoms with Crippen molar-refractivity contribution in [2.24, 2.45) is 0 Å². The average molecular weight is 256 g/mol. The highest BCUT2D eigenvalue weighted by Crippen LogP contribution is 2.17. The number of morpholine rings is 1. The van der Waals surface area contributed by atoms with E-state index in [4.69, 9.17) is 9.84 Å². The lowest BCUT2D eigenvalue weighted by atomic mass is 10.1. The van der Waals surface area contributed by atoms with E-state index in [0.29, 0.717) is 19.7 Å². The second-order valence-corrected chi connectivity index (χ2v) is 4.88. The number of hydrogen-bond donors (Lipinski definition) is 1. The summed E-state index contributed by atoms with van der Waals surface area (Å²) in [5, 5.41) is 8.79. The van der Waals surface area contributed by atoms with Crippen LogP contribution < -0.4 is 0 Å². The Kier molecular flexibility index (Phi) is 4.72. The van der Waals surface area contributed by atoms with E-state index in [9.17, 15) is 9.59 Å². The lowest BCUT2D eigenvalue weighted by Crippen LogP contribution is -2.55. The van der Waals surface area contributed by atoms with Crippen LogP contribution in [0.3, 0.4) is 0 Å². The third-order valence-electron chi connectivity index (χ3n) is 2.64. The zero-order chi connectivity index (χ0) is 13.8. The molecule has 0 aliphatic carbocycles. The first-order valence-corrected chi connectivity index (χ1v) is 5.86. The van der Waals surface area contributed by atoms with Gasteiger partial charge in [-0.2, -0.15) is 0 Å². The molecular weight excluding hydrogens is 236 g/mol. The Balaban J connectivity index is 2.69. The second kappa shape index (κ2) is 5.86. The Morgan fingerprint density at radius 1 is 1.56 bits per heavy atom. The number of carboxylic acids is 1. The zero-order valence-electron chi connectivity index (χ0n) is 10.9. The minimum atomic E-state index is -1.03. The Bertz CT molecular complexity index is 341. The van der Waals surface area contributed by atoms with Crippen LogP contribution in [0.25, 0.3) is 0 Å². The van der Waals surface area contributed by atoms with Crippen LogP contribution in [0.4, 0.5) is 4.79 Å². The van der Waals surface area contributed by atoms with Crippen LogP contribution >= 0.6 is 0 Å². The van der Waals surface area contributed by atoms with Gasteiger partial charge in [-0.1, -0.05) is 6.08 Å². The third-order valence-corrected chi connectivity index (χ3v) is 2.64. The van der Waals surface area contributed by atoms with Crippen LogP contribution in [0.15, 0.2) is 12.7 Å². The highest BCUT2D eigenvalue weighted by atomic mass is 16.5. The van der Waals surface area contributed by atoms with E-state index in [1.807, 2.05) is 13.8 Å². The van der Waals surface area contributed by atoms with Gasteiger partial charge in [0.05, 0.1) is 18.8 Å². The molecule has 0 spiro atoms. The quantitative estimate of drug-likeness (QED) is 0.755. The van der Waals surface area contributed by atoms with E-state index < -0.39 is 11.6 Å². The van der Waals surface area contributed by atoms with Crippen LogP contribution in [-0.4, -0.2) is 65.3 Å². The Hall–Kier alpha value is -1.56. The molecule has 1 fully saturated rings. The summed E-state index contributed by atoms with van der Waals surface area (Å²) in [6.45, 7) is 8.66. The zero-order valence-corrected chi connectivity index (χ0v) is 10.9. The summed E-state index contributed by atoms with van der Waals surface area (Å²) in [6, 6.07) is -0.284. The lowest BCUT2D eigenvalue weighted by molar-refractivity contribution is -0.137. The minimum Gasteiger partial charge on any atom is -0.480 e. The number of ether oxygens (including phenoxy) is 1. The van der Waals surface area contributed by atoms with Crippen molar-refractivity contribution in [1.29, 1.82) is 0 Å². The molecule has 0 aromatic carbocycles. The number of rotatable bonds is 4. The van der Waals surface area contributed by atoms with Gasteiger partial charge in [-0.15, -0.1) is 6.58 Å². The first-order valence-electron chi connectivity index (χ1n) is 5.86. The molecule has 1 N–H and O–H groups in total. The summed E-state index contributed by atoms with van der Waals surface area (Å²) in [6.07, 6.45) is 1.52. The van der Waals surface area contributed by atoms with Crippen molar-refractivity contribution in [2.45, 2.75) is 19.4 Å². The van der Waals surface area contributed by atoms with Crippen molar-refractivity contribution < 1.29 is 19.4 Å². The number of urea groups is 1. The van der Waals surface area contributed by atoms with E-state index in [1.165, 1.54) is 11.0 Å². The fourth-order valence-corrected chi connectivity index (χ4v) is 1.91. The van der Waals surface area contributed by atoms with E-state index >= 15 is 0 Å². The molecular formula is C12H20N2O4.